The number of ketones is 1. The molecule has 2 nitrogen and oxygen atoms in total. The van der Waals surface area contributed by atoms with Crippen LogP contribution in [0.5, 0.6) is 0 Å². The maximum Gasteiger partial charge on any atom is 0.174 e. The number of benzene rings is 1. The molecule has 0 atom stereocenters. The summed E-state index contributed by atoms with van der Waals surface area (Å²) in [6.45, 7) is 4.32. The lowest BCUT2D eigenvalue weighted by molar-refractivity contribution is 0.102. The molecule has 18 heavy (non-hydrogen) atoms. The van der Waals surface area contributed by atoms with Gasteiger partial charge in [0.15, 0.2) is 5.78 Å². The number of thioether (sulfide) groups is 1. The first kappa shape index (κ1) is 13.1. The molecule has 1 heterocycles. The van der Waals surface area contributed by atoms with Gasteiger partial charge < -0.3 is 0 Å². The Morgan fingerprint density at radius 3 is 2.89 bits per heavy atom. The van der Waals surface area contributed by atoms with Gasteiger partial charge in [0.1, 0.15) is 0 Å². The molecule has 0 saturated heterocycles. The second-order valence-corrected chi connectivity index (χ2v) is 5.78. The highest BCUT2D eigenvalue weighted by atomic mass is 32.2. The molecule has 0 fully saturated rings. The third-order valence-corrected chi connectivity index (χ3v) is 3.97. The largest absolute Gasteiger partial charge is 0.293 e. The fourth-order valence-corrected chi connectivity index (χ4v) is 2.64. The first-order valence-corrected chi connectivity index (χ1v) is 7.28. The molecule has 0 unspecified atom stereocenters. The molecular weight excluding hydrogens is 242 g/mol. The van der Waals surface area contributed by atoms with Crippen molar-refractivity contribution in [3.63, 3.8) is 0 Å². The van der Waals surface area contributed by atoms with E-state index in [-0.39, 0.29) is 5.78 Å². The molecule has 0 spiro atoms. The zero-order valence-corrected chi connectivity index (χ0v) is 11.5. The maximum atomic E-state index is 12.0. The van der Waals surface area contributed by atoms with Crippen molar-refractivity contribution in [2.45, 2.75) is 13.8 Å². The predicted octanol–water partition coefficient (Wildman–Crippen LogP) is 3.81. The van der Waals surface area contributed by atoms with Gasteiger partial charge in [0.25, 0.3) is 0 Å². The van der Waals surface area contributed by atoms with Crippen LogP contribution in [0.1, 0.15) is 24.2 Å². The molecule has 2 aromatic rings. The second kappa shape index (κ2) is 6.01. The van der Waals surface area contributed by atoms with E-state index in [0.29, 0.717) is 17.2 Å². The topological polar surface area (TPSA) is 30.0 Å². The number of para-hydroxylation sites is 1. The zero-order chi connectivity index (χ0) is 13.0. The van der Waals surface area contributed by atoms with Crippen LogP contribution in [-0.4, -0.2) is 22.3 Å². The van der Waals surface area contributed by atoms with Gasteiger partial charge in [-0.3, -0.25) is 9.78 Å². The summed E-state index contributed by atoms with van der Waals surface area (Å²) in [5.74, 6) is 2.35. The van der Waals surface area contributed by atoms with E-state index in [4.69, 9.17) is 0 Å². The molecular formula is C15H17NOS. The fraction of sp³-hybridized carbons (Fsp3) is 0.333. The number of hydrogen-bond donors (Lipinski definition) is 0. The van der Waals surface area contributed by atoms with E-state index in [2.05, 4.69) is 18.8 Å². The first-order valence-electron chi connectivity index (χ1n) is 6.12. The van der Waals surface area contributed by atoms with Gasteiger partial charge >= 0.3 is 0 Å². The van der Waals surface area contributed by atoms with Crippen molar-refractivity contribution in [2.24, 2.45) is 5.92 Å². The summed E-state index contributed by atoms with van der Waals surface area (Å²) in [5, 5.41) is 1.03. The Hall–Kier alpha value is -1.35. The third kappa shape index (κ3) is 3.33. The normalized spacial score (nSPS) is 11.1. The lowest BCUT2D eigenvalue weighted by Gasteiger charge is -2.04. The molecule has 0 aliphatic carbocycles. The van der Waals surface area contributed by atoms with E-state index in [1.165, 1.54) is 0 Å². The van der Waals surface area contributed by atoms with Crippen LogP contribution in [0.25, 0.3) is 10.9 Å². The Morgan fingerprint density at radius 1 is 1.33 bits per heavy atom. The van der Waals surface area contributed by atoms with Gasteiger partial charge in [-0.1, -0.05) is 32.0 Å². The first-order chi connectivity index (χ1) is 8.66. The Kier molecular flexibility index (Phi) is 4.37. The predicted molar refractivity (Wildman–Crippen MR) is 78.2 cm³/mol. The highest BCUT2D eigenvalue weighted by molar-refractivity contribution is 7.99. The van der Waals surface area contributed by atoms with Gasteiger partial charge in [0.05, 0.1) is 11.3 Å². The van der Waals surface area contributed by atoms with Crippen molar-refractivity contribution in [1.29, 1.82) is 0 Å². The lowest BCUT2D eigenvalue weighted by Crippen LogP contribution is -2.05. The molecule has 1 aromatic heterocycles. The summed E-state index contributed by atoms with van der Waals surface area (Å²) < 4.78 is 0. The lowest BCUT2D eigenvalue weighted by atomic mass is 10.1. The summed E-state index contributed by atoms with van der Waals surface area (Å²) in [6, 6.07) is 9.79. The second-order valence-electron chi connectivity index (χ2n) is 4.75. The summed E-state index contributed by atoms with van der Waals surface area (Å²) in [6.07, 6.45) is 1.68. The van der Waals surface area contributed by atoms with E-state index in [1.54, 1.807) is 18.0 Å². The van der Waals surface area contributed by atoms with Crippen LogP contribution in [0.4, 0.5) is 0 Å². The monoisotopic (exact) mass is 259 g/mol. The maximum absolute atomic E-state index is 12.0. The summed E-state index contributed by atoms with van der Waals surface area (Å²) in [4.78, 5) is 16.3. The van der Waals surface area contributed by atoms with Gasteiger partial charge in [0.2, 0.25) is 0 Å². The smallest absolute Gasteiger partial charge is 0.174 e. The van der Waals surface area contributed by atoms with Crippen LogP contribution in [-0.2, 0) is 0 Å². The van der Waals surface area contributed by atoms with E-state index in [1.807, 2.05) is 30.3 Å². The van der Waals surface area contributed by atoms with Gasteiger partial charge in [-0.25, -0.2) is 0 Å². The number of Topliss-reactive ketones (excluding diaryl/α,β-unsaturated/α-hetero) is 1. The molecule has 0 aliphatic heterocycles. The molecule has 0 N–H and O–H groups in total. The van der Waals surface area contributed by atoms with Crippen molar-refractivity contribution in [2.75, 3.05) is 11.5 Å². The van der Waals surface area contributed by atoms with Crippen LogP contribution < -0.4 is 0 Å². The molecule has 0 aliphatic rings. The minimum Gasteiger partial charge on any atom is -0.293 e. The number of nitrogens with zero attached hydrogens (tertiary/aromatic N) is 1. The van der Waals surface area contributed by atoms with Crippen molar-refractivity contribution in [3.05, 3.63) is 42.1 Å². The molecule has 3 heteroatoms. The molecule has 94 valence electrons. The van der Waals surface area contributed by atoms with Gasteiger partial charge in [-0.2, -0.15) is 11.8 Å². The number of fused-ring (bicyclic) bond motifs is 1. The fourth-order valence-electron chi connectivity index (χ4n) is 1.69. The number of rotatable bonds is 5. The zero-order valence-electron chi connectivity index (χ0n) is 10.7. The highest BCUT2D eigenvalue weighted by Crippen LogP contribution is 2.15. The van der Waals surface area contributed by atoms with Crippen LogP contribution in [0.2, 0.25) is 0 Å². The van der Waals surface area contributed by atoms with E-state index < -0.39 is 0 Å². The van der Waals surface area contributed by atoms with Crippen molar-refractivity contribution >= 4 is 28.4 Å². The Labute approximate surface area is 112 Å². The van der Waals surface area contributed by atoms with Crippen molar-refractivity contribution < 1.29 is 4.79 Å². The van der Waals surface area contributed by atoms with E-state index in [9.17, 15) is 4.79 Å². The Balaban J connectivity index is 2.08. The van der Waals surface area contributed by atoms with Gasteiger partial charge in [0, 0.05) is 17.1 Å². The number of hydrogen-bond acceptors (Lipinski definition) is 3. The van der Waals surface area contributed by atoms with E-state index in [0.717, 1.165) is 16.7 Å². The van der Waals surface area contributed by atoms with Crippen molar-refractivity contribution in [1.82, 2.24) is 4.98 Å². The minimum absolute atomic E-state index is 0.166. The molecule has 0 radical (unpaired) electrons. The third-order valence-electron chi connectivity index (χ3n) is 2.60. The number of pyridine rings is 1. The SMILES string of the molecule is CC(C)CSCC(=O)c1cnc2ccccc2c1. The molecule has 0 bridgehead atoms. The average Bonchev–Trinajstić information content (AvgIpc) is 2.37. The standard InChI is InChI=1S/C15H17NOS/c1-11(2)9-18-10-15(17)13-7-12-5-3-4-6-14(12)16-8-13/h3-8,11H,9-10H2,1-2H3. The quantitative estimate of drug-likeness (QED) is 0.765. The van der Waals surface area contributed by atoms with Crippen molar-refractivity contribution in [3.8, 4) is 0 Å². The van der Waals surface area contributed by atoms with Crippen LogP contribution >= 0.6 is 11.8 Å². The summed E-state index contributed by atoms with van der Waals surface area (Å²) in [5.41, 5.74) is 1.65. The van der Waals surface area contributed by atoms with E-state index >= 15 is 0 Å². The summed E-state index contributed by atoms with van der Waals surface area (Å²) >= 11 is 1.69. The van der Waals surface area contributed by atoms with Gasteiger partial charge in [-0.05, 0) is 23.8 Å². The number of aromatic nitrogens is 1. The molecule has 2 rings (SSSR count). The Morgan fingerprint density at radius 2 is 2.11 bits per heavy atom. The Bertz CT molecular complexity index is 551. The molecule has 1 aromatic carbocycles. The molecule has 0 amide bonds. The van der Waals surface area contributed by atoms with Gasteiger partial charge in [-0.15, -0.1) is 0 Å². The van der Waals surface area contributed by atoms with Crippen LogP contribution in [0.15, 0.2) is 36.5 Å². The minimum atomic E-state index is 0.166. The highest BCUT2D eigenvalue weighted by Gasteiger charge is 2.08. The number of carbonyl (C=O) groups is 1. The average molecular weight is 259 g/mol. The van der Waals surface area contributed by atoms with Crippen LogP contribution in [0.3, 0.4) is 0 Å². The molecule has 0 saturated carbocycles. The number of carbonyl (C=O) groups excluding carboxylic acids is 1. The summed E-state index contributed by atoms with van der Waals surface area (Å²) in [7, 11) is 0. The van der Waals surface area contributed by atoms with Crippen LogP contribution in [0, 0.1) is 5.92 Å².